The minimum atomic E-state index is -0.522. The number of likely N-dealkylation sites (tertiary alicyclic amines) is 1. The Morgan fingerprint density at radius 1 is 1.33 bits per heavy atom. The van der Waals surface area contributed by atoms with Crippen LogP contribution < -0.4 is 0 Å². The van der Waals surface area contributed by atoms with Gasteiger partial charge in [-0.1, -0.05) is 0 Å². The molecule has 2 rings (SSSR count). The Balaban J connectivity index is 2.16. The fraction of sp³-hybridized carbons (Fsp3) is 0.875. The second-order valence-corrected chi connectivity index (χ2v) is 7.13. The fourth-order valence-corrected chi connectivity index (χ4v) is 3.24. The van der Waals surface area contributed by atoms with Gasteiger partial charge in [0.2, 0.25) is 0 Å². The van der Waals surface area contributed by atoms with Crippen molar-refractivity contribution >= 4 is 11.9 Å². The van der Waals surface area contributed by atoms with Crippen molar-refractivity contribution in [2.24, 2.45) is 5.92 Å². The molecular weight excluding hydrogens is 270 g/mol. The van der Waals surface area contributed by atoms with Crippen molar-refractivity contribution in [3.05, 3.63) is 0 Å². The summed E-state index contributed by atoms with van der Waals surface area (Å²) < 4.78 is 11.0. The molecule has 0 bridgehead atoms. The van der Waals surface area contributed by atoms with E-state index >= 15 is 0 Å². The van der Waals surface area contributed by atoms with E-state index in [1.54, 1.807) is 4.90 Å². The summed E-state index contributed by atoms with van der Waals surface area (Å²) in [5.74, 6) is 0.0166. The Morgan fingerprint density at radius 2 is 2.05 bits per heavy atom. The van der Waals surface area contributed by atoms with E-state index in [0.29, 0.717) is 19.6 Å². The summed E-state index contributed by atoms with van der Waals surface area (Å²) in [7, 11) is 0. The summed E-state index contributed by atoms with van der Waals surface area (Å²) in [4.78, 5) is 26.5. The highest BCUT2D eigenvalue weighted by Crippen LogP contribution is 2.31. The molecule has 3 unspecified atom stereocenters. The standard InChI is InChI=1S/C16H27NO4/c1-11-6-5-7-13(12-10-20-9-8-14(12)18)17(11)15(19)21-16(2,3)4/h11-13H,5-10H2,1-4H3. The van der Waals surface area contributed by atoms with Gasteiger partial charge in [-0.2, -0.15) is 0 Å². The summed E-state index contributed by atoms with van der Waals surface area (Å²) in [6.07, 6.45) is 2.99. The first-order chi connectivity index (χ1) is 9.79. The second-order valence-electron chi connectivity index (χ2n) is 7.13. The lowest BCUT2D eigenvalue weighted by atomic mass is 9.84. The lowest BCUT2D eigenvalue weighted by molar-refractivity contribution is -0.135. The number of carbonyl (C=O) groups excluding carboxylic acids is 2. The van der Waals surface area contributed by atoms with Crippen LogP contribution in [0.25, 0.3) is 0 Å². The molecule has 2 heterocycles. The van der Waals surface area contributed by atoms with Crippen LogP contribution >= 0.6 is 0 Å². The van der Waals surface area contributed by atoms with Crippen molar-refractivity contribution < 1.29 is 19.1 Å². The van der Waals surface area contributed by atoms with Gasteiger partial charge < -0.3 is 14.4 Å². The SMILES string of the molecule is CC1CCCC(C2COCCC2=O)N1C(=O)OC(C)(C)C. The van der Waals surface area contributed by atoms with E-state index in [9.17, 15) is 9.59 Å². The smallest absolute Gasteiger partial charge is 0.410 e. The molecule has 0 aromatic heterocycles. The molecular formula is C16H27NO4. The van der Waals surface area contributed by atoms with Crippen LogP contribution in [0.5, 0.6) is 0 Å². The van der Waals surface area contributed by atoms with Gasteiger partial charge in [0.1, 0.15) is 11.4 Å². The van der Waals surface area contributed by atoms with Crippen LogP contribution in [0.15, 0.2) is 0 Å². The van der Waals surface area contributed by atoms with E-state index in [1.165, 1.54) is 0 Å². The molecule has 0 saturated carbocycles. The quantitative estimate of drug-likeness (QED) is 0.747. The summed E-state index contributed by atoms with van der Waals surface area (Å²) in [6.45, 7) is 8.56. The predicted molar refractivity (Wildman–Crippen MR) is 79.1 cm³/mol. The third-order valence-electron chi connectivity index (χ3n) is 4.23. The van der Waals surface area contributed by atoms with E-state index < -0.39 is 5.60 Å². The first kappa shape index (κ1) is 16.3. The molecule has 2 aliphatic rings. The maximum atomic E-state index is 12.5. The highest BCUT2D eigenvalue weighted by atomic mass is 16.6. The van der Waals surface area contributed by atoms with Crippen molar-refractivity contribution in [1.82, 2.24) is 4.90 Å². The lowest BCUT2D eigenvalue weighted by Gasteiger charge is -2.44. The van der Waals surface area contributed by atoms with Crippen molar-refractivity contribution in [2.75, 3.05) is 13.2 Å². The maximum absolute atomic E-state index is 12.5. The first-order valence-corrected chi connectivity index (χ1v) is 7.91. The van der Waals surface area contributed by atoms with Gasteiger partial charge in [-0.05, 0) is 47.0 Å². The van der Waals surface area contributed by atoms with Gasteiger partial charge in [0.15, 0.2) is 0 Å². The van der Waals surface area contributed by atoms with Crippen LogP contribution in [0.4, 0.5) is 4.79 Å². The van der Waals surface area contributed by atoms with Gasteiger partial charge in [-0.3, -0.25) is 4.79 Å². The van der Waals surface area contributed by atoms with E-state index in [0.717, 1.165) is 19.3 Å². The maximum Gasteiger partial charge on any atom is 0.410 e. The lowest BCUT2D eigenvalue weighted by Crippen LogP contribution is -2.56. The largest absolute Gasteiger partial charge is 0.444 e. The van der Waals surface area contributed by atoms with Crippen LogP contribution in [-0.2, 0) is 14.3 Å². The average Bonchev–Trinajstić information content (AvgIpc) is 2.36. The second kappa shape index (κ2) is 6.34. The number of nitrogens with zero attached hydrogens (tertiary/aromatic N) is 1. The Hall–Kier alpha value is -1.10. The molecule has 3 atom stereocenters. The topological polar surface area (TPSA) is 55.8 Å². The number of rotatable bonds is 1. The molecule has 0 N–H and O–H groups in total. The number of amides is 1. The van der Waals surface area contributed by atoms with Crippen LogP contribution in [0.1, 0.15) is 53.4 Å². The number of carbonyl (C=O) groups is 2. The minimum Gasteiger partial charge on any atom is -0.444 e. The zero-order chi connectivity index (χ0) is 15.6. The van der Waals surface area contributed by atoms with E-state index in [-0.39, 0.29) is 29.9 Å². The molecule has 1 amide bonds. The molecule has 2 aliphatic heterocycles. The first-order valence-electron chi connectivity index (χ1n) is 7.91. The Morgan fingerprint density at radius 3 is 2.67 bits per heavy atom. The fourth-order valence-electron chi connectivity index (χ4n) is 3.24. The number of Topliss-reactive ketones (excluding diaryl/α,β-unsaturated/α-hetero) is 1. The Labute approximate surface area is 127 Å². The summed E-state index contributed by atoms with van der Waals surface area (Å²) in [5, 5.41) is 0. The van der Waals surface area contributed by atoms with Gasteiger partial charge in [-0.25, -0.2) is 4.79 Å². The van der Waals surface area contributed by atoms with Gasteiger partial charge in [0.25, 0.3) is 0 Å². The van der Waals surface area contributed by atoms with Crippen molar-refractivity contribution in [1.29, 1.82) is 0 Å². The minimum absolute atomic E-state index is 0.0867. The van der Waals surface area contributed by atoms with Crippen molar-refractivity contribution in [2.45, 2.75) is 71.1 Å². The summed E-state index contributed by atoms with van der Waals surface area (Å²) in [6, 6.07) is 0.0183. The molecule has 0 aromatic carbocycles. The van der Waals surface area contributed by atoms with Crippen molar-refractivity contribution in [3.8, 4) is 0 Å². The van der Waals surface area contributed by atoms with Gasteiger partial charge >= 0.3 is 6.09 Å². The summed E-state index contributed by atoms with van der Waals surface area (Å²) >= 11 is 0. The molecule has 120 valence electrons. The monoisotopic (exact) mass is 297 g/mol. The van der Waals surface area contributed by atoms with E-state index in [4.69, 9.17) is 9.47 Å². The zero-order valence-corrected chi connectivity index (χ0v) is 13.6. The van der Waals surface area contributed by atoms with Gasteiger partial charge in [0, 0.05) is 18.5 Å². The Kier molecular flexibility index (Phi) is 4.91. The summed E-state index contributed by atoms with van der Waals surface area (Å²) in [5.41, 5.74) is -0.522. The number of piperidine rings is 1. The predicted octanol–water partition coefficient (Wildman–Crippen LogP) is 2.77. The molecule has 21 heavy (non-hydrogen) atoms. The number of ketones is 1. The normalized spacial score (nSPS) is 31.1. The van der Waals surface area contributed by atoms with E-state index in [1.807, 2.05) is 27.7 Å². The van der Waals surface area contributed by atoms with Crippen LogP contribution in [0.2, 0.25) is 0 Å². The molecule has 0 aromatic rings. The highest BCUT2D eigenvalue weighted by molar-refractivity contribution is 5.83. The molecule has 2 saturated heterocycles. The van der Waals surface area contributed by atoms with Crippen LogP contribution in [-0.4, -0.2) is 47.7 Å². The molecule has 0 aliphatic carbocycles. The molecule has 0 radical (unpaired) electrons. The molecule has 5 heteroatoms. The van der Waals surface area contributed by atoms with Crippen LogP contribution in [0.3, 0.4) is 0 Å². The number of hydrogen-bond donors (Lipinski definition) is 0. The van der Waals surface area contributed by atoms with E-state index in [2.05, 4.69) is 0 Å². The third-order valence-corrected chi connectivity index (χ3v) is 4.23. The molecule has 2 fully saturated rings. The van der Waals surface area contributed by atoms with Gasteiger partial charge in [-0.15, -0.1) is 0 Å². The number of hydrogen-bond acceptors (Lipinski definition) is 4. The van der Waals surface area contributed by atoms with Gasteiger partial charge in [0.05, 0.1) is 19.1 Å². The zero-order valence-electron chi connectivity index (χ0n) is 13.6. The van der Waals surface area contributed by atoms with Crippen LogP contribution in [0, 0.1) is 5.92 Å². The number of ether oxygens (including phenoxy) is 2. The average molecular weight is 297 g/mol. The third kappa shape index (κ3) is 3.96. The molecule has 5 nitrogen and oxygen atoms in total. The molecule has 0 spiro atoms. The highest BCUT2D eigenvalue weighted by Gasteiger charge is 2.42. The van der Waals surface area contributed by atoms with Crippen molar-refractivity contribution in [3.63, 3.8) is 0 Å². The Bertz CT molecular complexity index is 402.